The number of ketones is 1. The van der Waals surface area contributed by atoms with Gasteiger partial charge >= 0.3 is 5.97 Å². The number of hydrogen-bond donors (Lipinski definition) is 0. The summed E-state index contributed by atoms with van der Waals surface area (Å²) in [5.74, 6) is -0.699. The molecule has 82 valence electrons. The normalized spacial score (nSPS) is 25.5. The van der Waals surface area contributed by atoms with Crippen LogP contribution in [0.1, 0.15) is 26.2 Å². The summed E-state index contributed by atoms with van der Waals surface area (Å²) in [7, 11) is 0. The molecule has 0 radical (unpaired) electrons. The molecule has 0 saturated heterocycles. The number of rotatable bonds is 3. The van der Waals surface area contributed by atoms with E-state index in [1.165, 1.54) is 0 Å². The maximum atomic E-state index is 11.4. The van der Waals surface area contributed by atoms with Gasteiger partial charge in [-0.3, -0.25) is 9.59 Å². The average molecular weight is 211 g/mol. The topological polar surface area (TPSA) is 92.1 Å². The third-order valence-corrected chi connectivity index (χ3v) is 2.43. The van der Waals surface area contributed by atoms with Crippen molar-refractivity contribution in [3.05, 3.63) is 10.4 Å². The highest BCUT2D eigenvalue weighted by Gasteiger charge is 2.32. The fourth-order valence-corrected chi connectivity index (χ4v) is 1.65. The molecular weight excluding hydrogens is 198 g/mol. The van der Waals surface area contributed by atoms with Crippen molar-refractivity contribution in [3.8, 4) is 0 Å². The number of carbonyl (C=O) groups excluding carboxylic acids is 2. The second-order valence-electron chi connectivity index (χ2n) is 3.41. The molecule has 6 nitrogen and oxygen atoms in total. The number of nitrogens with zero attached hydrogens (tertiary/aromatic N) is 3. The Morgan fingerprint density at radius 2 is 2.47 bits per heavy atom. The van der Waals surface area contributed by atoms with Gasteiger partial charge in [-0.2, -0.15) is 0 Å². The first-order valence-electron chi connectivity index (χ1n) is 4.92. The van der Waals surface area contributed by atoms with E-state index in [1.54, 1.807) is 6.92 Å². The van der Waals surface area contributed by atoms with Gasteiger partial charge in [0.1, 0.15) is 5.78 Å². The maximum absolute atomic E-state index is 11.4. The largest absolute Gasteiger partial charge is 0.466 e. The summed E-state index contributed by atoms with van der Waals surface area (Å²) in [6.07, 6.45) is 1.06. The van der Waals surface area contributed by atoms with Crippen LogP contribution >= 0.6 is 0 Å². The Balaban J connectivity index is 2.61. The minimum atomic E-state index is -0.696. The van der Waals surface area contributed by atoms with Gasteiger partial charge in [0.25, 0.3) is 0 Å². The van der Waals surface area contributed by atoms with Gasteiger partial charge in [-0.05, 0) is 25.3 Å². The van der Waals surface area contributed by atoms with Crippen molar-refractivity contribution in [1.29, 1.82) is 0 Å². The fraction of sp³-hybridized carbons (Fsp3) is 0.778. The molecule has 0 N–H and O–H groups in total. The minimum Gasteiger partial charge on any atom is -0.466 e. The van der Waals surface area contributed by atoms with E-state index in [9.17, 15) is 9.59 Å². The van der Waals surface area contributed by atoms with E-state index in [-0.39, 0.29) is 30.5 Å². The van der Waals surface area contributed by atoms with Crippen molar-refractivity contribution >= 4 is 11.8 Å². The van der Waals surface area contributed by atoms with Gasteiger partial charge in [0.05, 0.1) is 18.6 Å². The van der Waals surface area contributed by atoms with Crippen molar-refractivity contribution in [2.75, 3.05) is 6.61 Å². The van der Waals surface area contributed by atoms with Crippen LogP contribution in [0.25, 0.3) is 10.4 Å². The lowest BCUT2D eigenvalue weighted by Crippen LogP contribution is -2.32. The molecule has 2 atom stereocenters. The van der Waals surface area contributed by atoms with Crippen molar-refractivity contribution < 1.29 is 14.3 Å². The molecule has 0 heterocycles. The summed E-state index contributed by atoms with van der Waals surface area (Å²) in [4.78, 5) is 25.3. The second kappa shape index (κ2) is 5.36. The third-order valence-electron chi connectivity index (χ3n) is 2.43. The molecule has 0 aliphatic heterocycles. The van der Waals surface area contributed by atoms with E-state index in [2.05, 4.69) is 10.0 Å². The molecule has 1 rings (SSSR count). The Bertz CT molecular complexity index is 310. The molecule has 1 saturated carbocycles. The SMILES string of the molecule is CCOC(=O)[C@H]1CCC(=O)[C@H](N=[N+]=[N-])C1. The molecule has 0 aromatic carbocycles. The zero-order valence-corrected chi connectivity index (χ0v) is 8.55. The molecule has 15 heavy (non-hydrogen) atoms. The number of Topliss-reactive ketones (excluding diaryl/α,β-unsaturated/α-hetero) is 1. The highest BCUT2D eigenvalue weighted by molar-refractivity contribution is 5.87. The Hall–Kier alpha value is -1.55. The fourth-order valence-electron chi connectivity index (χ4n) is 1.65. The number of esters is 1. The number of hydrogen-bond acceptors (Lipinski definition) is 4. The molecule has 0 aromatic rings. The molecule has 1 aliphatic carbocycles. The molecule has 6 heteroatoms. The predicted octanol–water partition coefficient (Wildman–Crippen LogP) is 1.60. The molecule has 0 bridgehead atoms. The van der Waals surface area contributed by atoms with E-state index in [0.717, 1.165) is 0 Å². The van der Waals surface area contributed by atoms with Crippen LogP contribution in [0.4, 0.5) is 0 Å². The van der Waals surface area contributed by atoms with Gasteiger partial charge in [0.15, 0.2) is 0 Å². The van der Waals surface area contributed by atoms with Gasteiger partial charge in [-0.25, -0.2) is 0 Å². The number of carbonyl (C=O) groups is 2. The van der Waals surface area contributed by atoms with E-state index in [0.29, 0.717) is 13.0 Å². The van der Waals surface area contributed by atoms with Crippen LogP contribution in [0.5, 0.6) is 0 Å². The summed E-state index contributed by atoms with van der Waals surface area (Å²) < 4.78 is 4.86. The summed E-state index contributed by atoms with van der Waals surface area (Å²) in [5, 5.41) is 3.38. The van der Waals surface area contributed by atoms with Crippen molar-refractivity contribution in [3.63, 3.8) is 0 Å². The summed E-state index contributed by atoms with van der Waals surface area (Å²) in [5.41, 5.74) is 8.25. The molecule has 0 spiro atoms. The summed E-state index contributed by atoms with van der Waals surface area (Å²) >= 11 is 0. The van der Waals surface area contributed by atoms with Crippen LogP contribution in [-0.2, 0) is 14.3 Å². The second-order valence-corrected chi connectivity index (χ2v) is 3.41. The highest BCUT2D eigenvalue weighted by Crippen LogP contribution is 2.25. The van der Waals surface area contributed by atoms with Gasteiger partial charge in [-0.15, -0.1) is 0 Å². The molecule has 0 aromatic heterocycles. The first-order chi connectivity index (χ1) is 7.19. The molecular formula is C9H13N3O3. The Morgan fingerprint density at radius 3 is 3.07 bits per heavy atom. The lowest BCUT2D eigenvalue weighted by molar-refractivity contribution is -0.149. The summed E-state index contributed by atoms with van der Waals surface area (Å²) in [6, 6.07) is -0.696. The van der Waals surface area contributed by atoms with E-state index >= 15 is 0 Å². The molecule has 1 aliphatic rings. The van der Waals surface area contributed by atoms with E-state index in [4.69, 9.17) is 10.3 Å². The Kier molecular flexibility index (Phi) is 4.12. The lowest BCUT2D eigenvalue weighted by Gasteiger charge is -2.23. The van der Waals surface area contributed by atoms with Crippen LogP contribution in [0.15, 0.2) is 5.11 Å². The van der Waals surface area contributed by atoms with Gasteiger partial charge in [0, 0.05) is 11.3 Å². The predicted molar refractivity (Wildman–Crippen MR) is 51.9 cm³/mol. The van der Waals surface area contributed by atoms with E-state index in [1.807, 2.05) is 0 Å². The maximum Gasteiger partial charge on any atom is 0.308 e. The van der Waals surface area contributed by atoms with Crippen LogP contribution < -0.4 is 0 Å². The van der Waals surface area contributed by atoms with E-state index < -0.39 is 6.04 Å². The summed E-state index contributed by atoms with van der Waals surface area (Å²) in [6.45, 7) is 2.06. The number of azide groups is 1. The minimum absolute atomic E-state index is 0.0895. The smallest absolute Gasteiger partial charge is 0.308 e. The Labute approximate surface area is 87.2 Å². The van der Waals surface area contributed by atoms with Crippen molar-refractivity contribution in [2.24, 2.45) is 11.0 Å². The lowest BCUT2D eigenvalue weighted by atomic mass is 9.85. The number of ether oxygens (including phenoxy) is 1. The van der Waals surface area contributed by atoms with Gasteiger partial charge in [-0.1, -0.05) is 5.11 Å². The van der Waals surface area contributed by atoms with Gasteiger partial charge in [0.2, 0.25) is 0 Å². The highest BCUT2D eigenvalue weighted by atomic mass is 16.5. The van der Waals surface area contributed by atoms with Crippen molar-refractivity contribution in [1.82, 2.24) is 0 Å². The molecule has 0 unspecified atom stereocenters. The Morgan fingerprint density at radius 1 is 1.73 bits per heavy atom. The first-order valence-corrected chi connectivity index (χ1v) is 4.92. The third kappa shape index (κ3) is 2.95. The molecule has 1 fully saturated rings. The average Bonchev–Trinajstić information content (AvgIpc) is 2.22. The quantitative estimate of drug-likeness (QED) is 0.307. The van der Waals surface area contributed by atoms with Gasteiger partial charge < -0.3 is 4.74 Å². The van der Waals surface area contributed by atoms with Crippen molar-refractivity contribution in [2.45, 2.75) is 32.2 Å². The van der Waals surface area contributed by atoms with Crippen LogP contribution in [0.2, 0.25) is 0 Å². The molecule has 0 amide bonds. The van der Waals surface area contributed by atoms with Crippen LogP contribution in [0.3, 0.4) is 0 Å². The zero-order valence-electron chi connectivity index (χ0n) is 8.55. The van der Waals surface area contributed by atoms with Crippen LogP contribution in [-0.4, -0.2) is 24.4 Å². The first kappa shape index (κ1) is 11.5. The zero-order chi connectivity index (χ0) is 11.3. The monoisotopic (exact) mass is 211 g/mol. The standard InChI is InChI=1S/C9H13N3O3/c1-2-15-9(14)6-3-4-8(13)7(5-6)11-12-10/h6-7H,2-5H2,1H3/t6-,7+/m0/s1. The van der Waals surface area contributed by atoms with Crippen LogP contribution in [0, 0.1) is 5.92 Å².